The summed E-state index contributed by atoms with van der Waals surface area (Å²) in [5, 5.41) is 7.39. The molecule has 0 spiro atoms. The predicted molar refractivity (Wildman–Crippen MR) is 83.4 cm³/mol. The molecule has 5 nitrogen and oxygen atoms in total. The number of urea groups is 1. The van der Waals surface area contributed by atoms with Crippen molar-refractivity contribution in [1.82, 2.24) is 5.32 Å². The first-order valence-corrected chi connectivity index (χ1v) is 6.82. The van der Waals surface area contributed by atoms with E-state index in [2.05, 4.69) is 16.0 Å². The molecule has 2 aromatic rings. The number of benzene rings is 2. The molecule has 23 heavy (non-hydrogen) atoms. The molecule has 3 N–H and O–H groups in total. The molecular weight excluding hydrogens is 304 g/mol. The van der Waals surface area contributed by atoms with Crippen LogP contribution in [0.25, 0.3) is 0 Å². The van der Waals surface area contributed by atoms with Gasteiger partial charge in [0.2, 0.25) is 0 Å². The number of alkyl halides is 2. The lowest BCUT2D eigenvalue weighted by molar-refractivity contribution is -0.131. The molecule has 3 amide bonds. The summed E-state index contributed by atoms with van der Waals surface area (Å²) in [4.78, 5) is 22.7. The highest BCUT2D eigenvalue weighted by Crippen LogP contribution is 2.12. The number of amides is 3. The lowest BCUT2D eigenvalue weighted by atomic mass is 10.2. The fourth-order valence-electron chi connectivity index (χ4n) is 1.84. The summed E-state index contributed by atoms with van der Waals surface area (Å²) in [6, 6.07) is 15.0. The largest absolute Gasteiger partial charge is 0.347 e. The summed E-state index contributed by atoms with van der Waals surface area (Å²) >= 11 is 0. The molecule has 0 radical (unpaired) electrons. The Hall–Kier alpha value is -2.96. The van der Waals surface area contributed by atoms with Gasteiger partial charge in [-0.1, -0.05) is 30.3 Å². The van der Waals surface area contributed by atoms with Crippen LogP contribution < -0.4 is 16.0 Å². The topological polar surface area (TPSA) is 70.2 Å². The van der Waals surface area contributed by atoms with Gasteiger partial charge in [0.15, 0.2) is 0 Å². The Kier molecular flexibility index (Phi) is 5.62. The highest BCUT2D eigenvalue weighted by molar-refractivity contribution is 5.99. The van der Waals surface area contributed by atoms with Crippen LogP contribution in [0.3, 0.4) is 0 Å². The van der Waals surface area contributed by atoms with Crippen LogP contribution in [-0.4, -0.2) is 18.4 Å². The SMILES string of the molecule is O=C(Nc1ccccc1)Nc1cccc(CNC(=O)C(F)F)c1. The maximum absolute atomic E-state index is 12.1. The van der Waals surface area contributed by atoms with Gasteiger partial charge in [0.1, 0.15) is 0 Å². The van der Waals surface area contributed by atoms with Gasteiger partial charge in [0, 0.05) is 17.9 Å². The van der Waals surface area contributed by atoms with Gasteiger partial charge < -0.3 is 16.0 Å². The molecule has 0 aliphatic rings. The van der Waals surface area contributed by atoms with Gasteiger partial charge in [-0.05, 0) is 29.8 Å². The van der Waals surface area contributed by atoms with E-state index in [1.54, 1.807) is 48.5 Å². The molecule has 0 fully saturated rings. The van der Waals surface area contributed by atoms with Gasteiger partial charge in [-0.3, -0.25) is 4.79 Å². The number of halogens is 2. The molecule has 0 saturated heterocycles. The molecule has 120 valence electrons. The van der Waals surface area contributed by atoms with Crippen LogP contribution in [0.2, 0.25) is 0 Å². The first-order valence-electron chi connectivity index (χ1n) is 6.82. The zero-order chi connectivity index (χ0) is 16.7. The molecule has 0 aliphatic heterocycles. The third-order valence-electron chi connectivity index (χ3n) is 2.88. The normalized spacial score (nSPS) is 10.2. The third-order valence-corrected chi connectivity index (χ3v) is 2.88. The van der Waals surface area contributed by atoms with Crippen LogP contribution in [-0.2, 0) is 11.3 Å². The molecule has 2 aromatic carbocycles. The predicted octanol–water partition coefficient (Wildman–Crippen LogP) is 3.21. The fourth-order valence-corrected chi connectivity index (χ4v) is 1.84. The average molecular weight is 319 g/mol. The molecule has 0 atom stereocenters. The van der Waals surface area contributed by atoms with E-state index in [0.717, 1.165) is 0 Å². The standard InChI is InChI=1S/C16H15F2N3O2/c17-14(18)15(22)19-10-11-5-4-8-13(9-11)21-16(23)20-12-6-2-1-3-7-12/h1-9,14H,10H2,(H,19,22)(H2,20,21,23). The van der Waals surface area contributed by atoms with Crippen molar-refractivity contribution in [2.45, 2.75) is 13.0 Å². The van der Waals surface area contributed by atoms with Gasteiger partial charge in [0.25, 0.3) is 5.91 Å². The minimum absolute atomic E-state index is 0.0427. The summed E-state index contributed by atoms with van der Waals surface area (Å²) in [5.74, 6) is -1.33. The summed E-state index contributed by atoms with van der Waals surface area (Å²) < 4.78 is 24.2. The van der Waals surface area contributed by atoms with E-state index in [9.17, 15) is 18.4 Å². The quantitative estimate of drug-likeness (QED) is 0.792. The van der Waals surface area contributed by atoms with E-state index in [1.807, 2.05) is 6.07 Å². The number of nitrogens with one attached hydrogen (secondary N) is 3. The van der Waals surface area contributed by atoms with Crippen molar-refractivity contribution in [2.24, 2.45) is 0 Å². The minimum atomic E-state index is -3.05. The van der Waals surface area contributed by atoms with Crippen LogP contribution in [0, 0.1) is 0 Å². The van der Waals surface area contributed by atoms with E-state index in [4.69, 9.17) is 0 Å². The number of carbonyl (C=O) groups excluding carboxylic acids is 2. The van der Waals surface area contributed by atoms with Gasteiger partial charge in [-0.15, -0.1) is 0 Å². The molecule has 0 aromatic heterocycles. The van der Waals surface area contributed by atoms with Crippen molar-refractivity contribution in [3.05, 3.63) is 60.2 Å². The van der Waals surface area contributed by atoms with Crippen LogP contribution in [0.5, 0.6) is 0 Å². The Morgan fingerprint density at radius 1 is 0.913 bits per heavy atom. The van der Waals surface area contributed by atoms with E-state index in [0.29, 0.717) is 16.9 Å². The second-order valence-corrected chi connectivity index (χ2v) is 4.66. The molecule has 0 aliphatic carbocycles. The first-order chi connectivity index (χ1) is 11.0. The van der Waals surface area contributed by atoms with Gasteiger partial charge in [-0.2, -0.15) is 8.78 Å². The van der Waals surface area contributed by atoms with Crippen molar-refractivity contribution < 1.29 is 18.4 Å². The van der Waals surface area contributed by atoms with E-state index in [-0.39, 0.29) is 6.54 Å². The van der Waals surface area contributed by atoms with Crippen LogP contribution in [0.4, 0.5) is 25.0 Å². The van der Waals surface area contributed by atoms with Crippen molar-refractivity contribution in [2.75, 3.05) is 10.6 Å². The number of hydrogen-bond donors (Lipinski definition) is 3. The highest BCUT2D eigenvalue weighted by Gasteiger charge is 2.14. The Morgan fingerprint density at radius 2 is 1.57 bits per heavy atom. The second kappa shape index (κ2) is 7.88. The Balaban J connectivity index is 1.91. The third kappa shape index (κ3) is 5.39. The summed E-state index contributed by atoms with van der Waals surface area (Å²) in [5.41, 5.74) is 1.73. The number of para-hydroxylation sites is 1. The first kappa shape index (κ1) is 16.4. The van der Waals surface area contributed by atoms with E-state index >= 15 is 0 Å². The van der Waals surface area contributed by atoms with Crippen molar-refractivity contribution in [3.63, 3.8) is 0 Å². The van der Waals surface area contributed by atoms with Crippen LogP contribution in [0.15, 0.2) is 54.6 Å². The lowest BCUT2D eigenvalue weighted by Gasteiger charge is -2.09. The number of rotatable bonds is 5. The average Bonchev–Trinajstić information content (AvgIpc) is 2.53. The van der Waals surface area contributed by atoms with Gasteiger partial charge in [0.05, 0.1) is 0 Å². The maximum atomic E-state index is 12.1. The molecule has 0 saturated carbocycles. The maximum Gasteiger partial charge on any atom is 0.323 e. The Morgan fingerprint density at radius 3 is 2.26 bits per heavy atom. The number of hydrogen-bond acceptors (Lipinski definition) is 2. The number of carbonyl (C=O) groups is 2. The fraction of sp³-hybridized carbons (Fsp3) is 0.125. The van der Waals surface area contributed by atoms with Crippen LogP contribution in [0.1, 0.15) is 5.56 Å². The minimum Gasteiger partial charge on any atom is -0.347 e. The lowest BCUT2D eigenvalue weighted by Crippen LogP contribution is -2.28. The van der Waals surface area contributed by atoms with Crippen LogP contribution >= 0.6 is 0 Å². The zero-order valence-corrected chi connectivity index (χ0v) is 12.1. The molecule has 0 heterocycles. The Labute approximate surface area is 131 Å². The van der Waals surface area contributed by atoms with E-state index < -0.39 is 18.4 Å². The van der Waals surface area contributed by atoms with E-state index in [1.165, 1.54) is 0 Å². The van der Waals surface area contributed by atoms with Gasteiger partial charge in [-0.25, -0.2) is 4.79 Å². The molecule has 2 rings (SSSR count). The highest BCUT2D eigenvalue weighted by atomic mass is 19.3. The summed E-state index contributed by atoms with van der Waals surface area (Å²) in [7, 11) is 0. The zero-order valence-electron chi connectivity index (χ0n) is 12.1. The monoisotopic (exact) mass is 319 g/mol. The van der Waals surface area contributed by atoms with Gasteiger partial charge >= 0.3 is 12.5 Å². The molecule has 0 unspecified atom stereocenters. The molecule has 7 heteroatoms. The summed E-state index contributed by atoms with van der Waals surface area (Å²) in [6.07, 6.45) is -3.05. The second-order valence-electron chi connectivity index (χ2n) is 4.66. The van der Waals surface area contributed by atoms with Crippen molar-refractivity contribution in [1.29, 1.82) is 0 Å². The molecule has 0 bridgehead atoms. The molecular formula is C16H15F2N3O2. The smallest absolute Gasteiger partial charge is 0.323 e. The van der Waals surface area contributed by atoms with Crippen molar-refractivity contribution in [3.8, 4) is 0 Å². The van der Waals surface area contributed by atoms with Crippen molar-refractivity contribution >= 4 is 23.3 Å². The number of anilines is 2. The Bertz CT molecular complexity index is 678. The summed E-state index contributed by atoms with van der Waals surface area (Å²) in [6.45, 7) is -0.0427.